The van der Waals surface area contributed by atoms with E-state index in [1.807, 2.05) is 19.1 Å². The number of carbonyl (C=O) groups excluding carboxylic acids is 1. The summed E-state index contributed by atoms with van der Waals surface area (Å²) in [6.07, 6.45) is 2.35. The molecule has 1 heterocycles. The van der Waals surface area contributed by atoms with Gasteiger partial charge in [0.1, 0.15) is 11.6 Å². The lowest BCUT2D eigenvalue weighted by atomic mass is 9.75. The molecule has 4 nitrogen and oxygen atoms in total. The van der Waals surface area contributed by atoms with Gasteiger partial charge in [-0.1, -0.05) is 32.9 Å². The molecule has 3 rings (SSSR count). The minimum Gasteiger partial charge on any atom is -0.340 e. The molecule has 4 heteroatoms. The third-order valence-corrected chi connectivity index (χ3v) is 4.28. The average molecular weight is 309 g/mol. The molecule has 1 aromatic carbocycles. The van der Waals surface area contributed by atoms with Gasteiger partial charge in [0.2, 0.25) is 0 Å². The van der Waals surface area contributed by atoms with Crippen LogP contribution in [0, 0.1) is 12.3 Å². The van der Waals surface area contributed by atoms with Crippen molar-refractivity contribution in [3.05, 3.63) is 46.9 Å². The van der Waals surface area contributed by atoms with E-state index in [1.54, 1.807) is 0 Å². The van der Waals surface area contributed by atoms with Gasteiger partial charge in [0, 0.05) is 12.1 Å². The number of nitrogens with one attached hydrogen (secondary N) is 1. The van der Waals surface area contributed by atoms with Gasteiger partial charge in [0.25, 0.3) is 0 Å². The molecule has 0 atom stereocenters. The predicted octanol–water partition coefficient (Wildman–Crippen LogP) is 4.25. The van der Waals surface area contributed by atoms with Gasteiger partial charge in [-0.2, -0.15) is 0 Å². The van der Waals surface area contributed by atoms with Crippen molar-refractivity contribution in [3.63, 3.8) is 0 Å². The Morgan fingerprint density at radius 2 is 1.83 bits per heavy atom. The van der Waals surface area contributed by atoms with Crippen LogP contribution in [0.15, 0.2) is 24.3 Å². The maximum Gasteiger partial charge on any atom is 0.168 e. The number of nitrogens with zero attached hydrogens (tertiary/aromatic N) is 2. The van der Waals surface area contributed by atoms with Gasteiger partial charge in [-0.3, -0.25) is 4.79 Å². The van der Waals surface area contributed by atoms with Crippen molar-refractivity contribution in [1.29, 1.82) is 0 Å². The fourth-order valence-electron chi connectivity index (χ4n) is 3.14. The zero-order valence-corrected chi connectivity index (χ0v) is 14.2. The molecule has 1 aliphatic rings. The topological polar surface area (TPSA) is 54.9 Å². The van der Waals surface area contributed by atoms with Crippen LogP contribution in [-0.2, 0) is 12.8 Å². The fourth-order valence-corrected chi connectivity index (χ4v) is 3.14. The molecule has 0 bridgehead atoms. The van der Waals surface area contributed by atoms with E-state index >= 15 is 0 Å². The summed E-state index contributed by atoms with van der Waals surface area (Å²) in [4.78, 5) is 21.6. The van der Waals surface area contributed by atoms with Gasteiger partial charge in [0.15, 0.2) is 5.78 Å². The number of aryl methyl sites for hydroxylation is 2. The Morgan fingerprint density at radius 1 is 1.13 bits per heavy atom. The highest BCUT2D eigenvalue weighted by molar-refractivity contribution is 6.03. The molecule has 0 saturated heterocycles. The molecule has 0 amide bonds. The third-order valence-electron chi connectivity index (χ3n) is 4.28. The first-order valence-corrected chi connectivity index (χ1v) is 8.14. The molecule has 0 unspecified atom stereocenters. The van der Waals surface area contributed by atoms with Crippen molar-refractivity contribution in [1.82, 2.24) is 9.97 Å². The second-order valence-electron chi connectivity index (χ2n) is 7.06. The maximum absolute atomic E-state index is 12.6. The molecule has 0 fully saturated rings. The normalized spacial score (nSPS) is 16.1. The zero-order valence-electron chi connectivity index (χ0n) is 14.2. The summed E-state index contributed by atoms with van der Waals surface area (Å²) >= 11 is 0. The van der Waals surface area contributed by atoms with E-state index in [0.29, 0.717) is 23.6 Å². The van der Waals surface area contributed by atoms with Crippen molar-refractivity contribution in [3.8, 4) is 0 Å². The van der Waals surface area contributed by atoms with Gasteiger partial charge >= 0.3 is 0 Å². The Labute approximate surface area is 137 Å². The molecule has 1 N–H and O–H groups in total. The van der Waals surface area contributed by atoms with Crippen LogP contribution in [0.1, 0.15) is 54.6 Å². The fraction of sp³-hybridized carbons (Fsp3) is 0.421. The molecular formula is C19H23N3O. The molecule has 0 saturated carbocycles. The van der Waals surface area contributed by atoms with E-state index < -0.39 is 0 Å². The summed E-state index contributed by atoms with van der Waals surface area (Å²) in [7, 11) is 0. The quantitative estimate of drug-likeness (QED) is 0.921. The van der Waals surface area contributed by atoms with Crippen molar-refractivity contribution in [2.75, 3.05) is 5.32 Å². The first-order valence-electron chi connectivity index (χ1n) is 8.14. The Balaban J connectivity index is 1.99. The molecule has 1 aromatic heterocycles. The summed E-state index contributed by atoms with van der Waals surface area (Å²) < 4.78 is 0. The second-order valence-corrected chi connectivity index (χ2v) is 7.06. The van der Waals surface area contributed by atoms with E-state index in [1.165, 1.54) is 5.56 Å². The second kappa shape index (κ2) is 5.76. The molecule has 2 aromatic rings. The smallest absolute Gasteiger partial charge is 0.168 e. The highest BCUT2D eigenvalue weighted by atomic mass is 16.1. The minimum absolute atomic E-state index is 0.0368. The summed E-state index contributed by atoms with van der Waals surface area (Å²) in [6.45, 7) is 8.23. The number of rotatable bonds is 3. The number of Topliss-reactive ketones (excluding diaryl/α,β-unsaturated/α-hetero) is 1. The van der Waals surface area contributed by atoms with Crippen LogP contribution >= 0.6 is 0 Å². The van der Waals surface area contributed by atoms with E-state index in [9.17, 15) is 4.79 Å². The van der Waals surface area contributed by atoms with Crippen LogP contribution < -0.4 is 5.32 Å². The zero-order chi connectivity index (χ0) is 16.6. The van der Waals surface area contributed by atoms with Crippen LogP contribution in [0.3, 0.4) is 0 Å². The van der Waals surface area contributed by atoms with Crippen molar-refractivity contribution >= 4 is 17.3 Å². The highest BCUT2D eigenvalue weighted by Gasteiger charge is 2.34. The van der Waals surface area contributed by atoms with Crippen LogP contribution in [0.4, 0.5) is 11.5 Å². The van der Waals surface area contributed by atoms with Gasteiger partial charge in [-0.15, -0.1) is 0 Å². The number of hydrogen-bond donors (Lipinski definition) is 1. The van der Waals surface area contributed by atoms with E-state index in [-0.39, 0.29) is 11.2 Å². The third kappa shape index (κ3) is 3.26. The van der Waals surface area contributed by atoms with Gasteiger partial charge < -0.3 is 5.32 Å². The molecule has 1 aliphatic carbocycles. The minimum atomic E-state index is -0.0368. The molecule has 0 radical (unpaired) electrons. The number of aromatic nitrogens is 2. The van der Waals surface area contributed by atoms with Gasteiger partial charge in [0.05, 0.1) is 11.3 Å². The summed E-state index contributed by atoms with van der Waals surface area (Å²) in [5.41, 5.74) is 3.72. The number of hydrogen-bond acceptors (Lipinski definition) is 4. The number of ketones is 1. The Kier molecular flexibility index (Phi) is 3.92. The lowest BCUT2D eigenvalue weighted by Crippen LogP contribution is -2.29. The molecule has 120 valence electrons. The lowest BCUT2D eigenvalue weighted by Gasteiger charge is -2.30. The highest BCUT2D eigenvalue weighted by Crippen LogP contribution is 2.36. The first-order chi connectivity index (χ1) is 10.9. The Bertz CT molecular complexity index is 748. The predicted molar refractivity (Wildman–Crippen MR) is 92.3 cm³/mol. The number of carbonyl (C=O) groups is 1. The monoisotopic (exact) mass is 309 g/mol. The largest absolute Gasteiger partial charge is 0.340 e. The van der Waals surface area contributed by atoms with E-state index in [2.05, 4.69) is 48.2 Å². The maximum atomic E-state index is 12.6. The van der Waals surface area contributed by atoms with Crippen molar-refractivity contribution in [2.45, 2.75) is 47.0 Å². The molecule has 23 heavy (non-hydrogen) atoms. The summed E-state index contributed by atoms with van der Waals surface area (Å²) in [6, 6.07) is 8.24. The van der Waals surface area contributed by atoms with Crippen LogP contribution in [-0.4, -0.2) is 15.8 Å². The first kappa shape index (κ1) is 15.7. The number of fused-ring (bicyclic) bond motifs is 1. The summed E-state index contributed by atoms with van der Waals surface area (Å²) in [5, 5.41) is 3.31. The number of anilines is 2. The van der Waals surface area contributed by atoms with Gasteiger partial charge in [-0.05, 0) is 42.9 Å². The van der Waals surface area contributed by atoms with E-state index in [0.717, 1.165) is 24.2 Å². The lowest BCUT2D eigenvalue weighted by molar-refractivity contribution is 0.0911. The summed E-state index contributed by atoms with van der Waals surface area (Å²) in [5.74, 6) is 1.46. The van der Waals surface area contributed by atoms with Crippen LogP contribution in [0.5, 0.6) is 0 Å². The van der Waals surface area contributed by atoms with Crippen LogP contribution in [0.2, 0.25) is 0 Å². The van der Waals surface area contributed by atoms with Crippen LogP contribution in [0.25, 0.3) is 0 Å². The SMILES string of the molecule is CCc1ccc(Nc2nc(C)nc3c2C(=O)CC(C)(C)C3)cc1. The average Bonchev–Trinajstić information content (AvgIpc) is 2.45. The molecule has 0 aliphatic heterocycles. The standard InChI is InChI=1S/C19H23N3O/c1-5-13-6-8-14(9-7-13)22-18-17-15(20-12(2)21-18)10-19(3,4)11-16(17)23/h6-9H,5,10-11H2,1-4H3,(H,20,21,22). The van der Waals surface area contributed by atoms with Crippen molar-refractivity contribution < 1.29 is 4.79 Å². The Hall–Kier alpha value is -2.23. The van der Waals surface area contributed by atoms with E-state index in [4.69, 9.17) is 0 Å². The Morgan fingerprint density at radius 3 is 2.48 bits per heavy atom. The molecule has 0 spiro atoms. The number of benzene rings is 1. The van der Waals surface area contributed by atoms with Gasteiger partial charge in [-0.25, -0.2) is 9.97 Å². The van der Waals surface area contributed by atoms with Crippen molar-refractivity contribution in [2.24, 2.45) is 5.41 Å². The molecular weight excluding hydrogens is 286 g/mol.